The van der Waals surface area contributed by atoms with Crippen molar-refractivity contribution >= 4 is 10.9 Å². The fourth-order valence-electron chi connectivity index (χ4n) is 3.52. The van der Waals surface area contributed by atoms with Gasteiger partial charge in [-0.15, -0.1) is 0 Å². The molecule has 2 fully saturated rings. The van der Waals surface area contributed by atoms with Crippen LogP contribution in [0.2, 0.25) is 0 Å². The van der Waals surface area contributed by atoms with Crippen LogP contribution in [0.15, 0.2) is 35.2 Å². The minimum atomic E-state index is 0.561. The first-order valence-corrected chi connectivity index (χ1v) is 8.57. The lowest BCUT2D eigenvalue weighted by atomic mass is 10.0. The van der Waals surface area contributed by atoms with Gasteiger partial charge in [0.1, 0.15) is 10.5 Å². The molecule has 1 aromatic rings. The van der Waals surface area contributed by atoms with E-state index in [0.717, 1.165) is 10.5 Å². The van der Waals surface area contributed by atoms with Crippen molar-refractivity contribution in [2.45, 2.75) is 66.8 Å². The molecular weight excluding hydrogens is 224 g/mol. The van der Waals surface area contributed by atoms with Gasteiger partial charge in [-0.05, 0) is 63.5 Å². The Morgan fingerprint density at radius 2 is 1.18 bits per heavy atom. The van der Waals surface area contributed by atoms with Crippen molar-refractivity contribution in [3.8, 4) is 0 Å². The Hall–Kier alpha value is -0.430. The van der Waals surface area contributed by atoms with Crippen LogP contribution in [0.4, 0.5) is 0 Å². The Morgan fingerprint density at radius 3 is 1.65 bits per heavy atom. The number of benzene rings is 1. The van der Waals surface area contributed by atoms with Crippen LogP contribution in [-0.4, -0.2) is 10.5 Å². The largest absolute Gasteiger partial charge is 0.155 e. The summed E-state index contributed by atoms with van der Waals surface area (Å²) in [7, 11) is 0.561. The number of hydrogen-bond acceptors (Lipinski definition) is 0. The first-order chi connectivity index (χ1) is 8.45. The molecule has 0 nitrogen and oxygen atoms in total. The predicted molar refractivity (Wildman–Crippen MR) is 76.6 cm³/mol. The van der Waals surface area contributed by atoms with Gasteiger partial charge in [-0.3, -0.25) is 0 Å². The molecular formula is C16H23S+. The molecule has 2 saturated heterocycles. The van der Waals surface area contributed by atoms with Gasteiger partial charge < -0.3 is 0 Å². The standard InChI is InChI=1S/C16H23S/c1-2-8-14(9-3-1)17-15-10-4-5-11-16(17)13-7-6-12-15/h1-3,8-9,15-16H,4-7,10-13H2/q+1. The van der Waals surface area contributed by atoms with Gasteiger partial charge >= 0.3 is 0 Å². The average molecular weight is 247 g/mol. The van der Waals surface area contributed by atoms with Crippen molar-refractivity contribution in [1.29, 1.82) is 0 Å². The van der Waals surface area contributed by atoms with Crippen LogP contribution >= 0.6 is 0 Å². The first kappa shape index (κ1) is 11.6. The molecule has 2 bridgehead atoms. The van der Waals surface area contributed by atoms with Gasteiger partial charge in [0.05, 0.1) is 0 Å². The van der Waals surface area contributed by atoms with Crippen LogP contribution in [0.3, 0.4) is 0 Å². The smallest absolute Gasteiger partial charge is 0.0619 e. The number of hydrogen-bond donors (Lipinski definition) is 0. The summed E-state index contributed by atoms with van der Waals surface area (Å²) in [4.78, 5) is 1.66. The SMILES string of the molecule is c1ccc([S+]2C3CCCCC2CCCC3)cc1. The molecule has 2 aliphatic heterocycles. The summed E-state index contributed by atoms with van der Waals surface area (Å²) in [6.45, 7) is 0. The molecule has 0 N–H and O–H groups in total. The molecule has 0 radical (unpaired) electrons. The highest BCUT2D eigenvalue weighted by molar-refractivity contribution is 7.98. The van der Waals surface area contributed by atoms with Crippen molar-refractivity contribution in [3.63, 3.8) is 0 Å². The van der Waals surface area contributed by atoms with Crippen LogP contribution in [-0.2, 0) is 10.9 Å². The fraction of sp³-hybridized carbons (Fsp3) is 0.625. The third kappa shape index (κ3) is 2.54. The minimum absolute atomic E-state index is 0.561. The van der Waals surface area contributed by atoms with Gasteiger partial charge in [-0.25, -0.2) is 0 Å². The molecule has 2 aliphatic rings. The van der Waals surface area contributed by atoms with Crippen LogP contribution < -0.4 is 0 Å². The quantitative estimate of drug-likeness (QED) is 0.639. The molecule has 1 aromatic carbocycles. The lowest BCUT2D eigenvalue weighted by Crippen LogP contribution is -2.29. The van der Waals surface area contributed by atoms with Gasteiger partial charge in [-0.1, -0.05) is 18.2 Å². The maximum absolute atomic E-state index is 2.39. The number of fused-ring (bicyclic) bond motifs is 2. The van der Waals surface area contributed by atoms with Crippen LogP contribution in [0, 0.1) is 0 Å². The van der Waals surface area contributed by atoms with E-state index in [0.29, 0.717) is 10.9 Å². The Kier molecular flexibility index (Phi) is 3.75. The molecule has 0 amide bonds. The maximum atomic E-state index is 2.39. The minimum Gasteiger partial charge on any atom is -0.0619 e. The highest BCUT2D eigenvalue weighted by atomic mass is 32.2. The van der Waals surface area contributed by atoms with Gasteiger partial charge in [0.25, 0.3) is 0 Å². The Bertz CT molecular complexity index is 318. The summed E-state index contributed by atoms with van der Waals surface area (Å²) in [6.07, 6.45) is 11.9. The molecule has 17 heavy (non-hydrogen) atoms. The molecule has 0 atom stereocenters. The monoisotopic (exact) mass is 247 g/mol. The second-order valence-corrected chi connectivity index (χ2v) is 8.05. The second-order valence-electron chi connectivity index (χ2n) is 5.50. The molecule has 2 heterocycles. The Morgan fingerprint density at radius 1 is 0.706 bits per heavy atom. The van der Waals surface area contributed by atoms with E-state index in [2.05, 4.69) is 30.3 Å². The van der Waals surface area contributed by atoms with E-state index in [4.69, 9.17) is 0 Å². The highest BCUT2D eigenvalue weighted by Crippen LogP contribution is 2.39. The average Bonchev–Trinajstić information content (AvgIpc) is 2.71. The van der Waals surface area contributed by atoms with E-state index in [1.165, 1.54) is 51.4 Å². The van der Waals surface area contributed by atoms with E-state index in [-0.39, 0.29) is 0 Å². The summed E-state index contributed by atoms with van der Waals surface area (Å²) in [5.74, 6) is 0. The van der Waals surface area contributed by atoms with Gasteiger partial charge in [0.15, 0.2) is 4.90 Å². The normalized spacial score (nSPS) is 33.8. The van der Waals surface area contributed by atoms with Crippen molar-refractivity contribution in [3.05, 3.63) is 30.3 Å². The zero-order chi connectivity index (χ0) is 11.5. The van der Waals surface area contributed by atoms with E-state index >= 15 is 0 Å². The summed E-state index contributed by atoms with van der Waals surface area (Å²) in [6, 6.07) is 11.4. The molecule has 0 aliphatic carbocycles. The van der Waals surface area contributed by atoms with E-state index in [1.807, 2.05) is 0 Å². The topological polar surface area (TPSA) is 0 Å². The molecule has 0 spiro atoms. The second kappa shape index (κ2) is 5.48. The molecule has 3 rings (SSSR count). The van der Waals surface area contributed by atoms with Gasteiger partial charge in [0, 0.05) is 10.9 Å². The zero-order valence-corrected chi connectivity index (χ0v) is 11.4. The fourth-order valence-corrected chi connectivity index (χ4v) is 6.99. The van der Waals surface area contributed by atoms with Crippen LogP contribution in [0.1, 0.15) is 51.4 Å². The van der Waals surface area contributed by atoms with E-state index < -0.39 is 0 Å². The first-order valence-electron chi connectivity index (χ1n) is 7.22. The Balaban J connectivity index is 1.93. The third-order valence-electron chi connectivity index (χ3n) is 4.34. The van der Waals surface area contributed by atoms with Crippen molar-refractivity contribution < 1.29 is 0 Å². The molecule has 0 aromatic heterocycles. The summed E-state index contributed by atoms with van der Waals surface area (Å²) in [5, 5.41) is 2.01. The van der Waals surface area contributed by atoms with Crippen LogP contribution in [0.5, 0.6) is 0 Å². The lowest BCUT2D eigenvalue weighted by Gasteiger charge is -2.19. The number of rotatable bonds is 1. The molecule has 0 unspecified atom stereocenters. The van der Waals surface area contributed by atoms with E-state index in [1.54, 1.807) is 4.90 Å². The predicted octanol–water partition coefficient (Wildman–Crippen LogP) is 4.55. The third-order valence-corrected chi connectivity index (χ3v) is 7.53. The Labute approximate surface area is 108 Å². The lowest BCUT2D eigenvalue weighted by molar-refractivity contribution is 0.546. The van der Waals surface area contributed by atoms with Crippen molar-refractivity contribution in [1.82, 2.24) is 0 Å². The van der Waals surface area contributed by atoms with Gasteiger partial charge in [0.2, 0.25) is 0 Å². The van der Waals surface area contributed by atoms with Gasteiger partial charge in [-0.2, -0.15) is 0 Å². The summed E-state index contributed by atoms with van der Waals surface area (Å²) < 4.78 is 0. The molecule has 92 valence electrons. The maximum Gasteiger partial charge on any atom is 0.155 e. The highest BCUT2D eigenvalue weighted by Gasteiger charge is 2.42. The summed E-state index contributed by atoms with van der Waals surface area (Å²) in [5.41, 5.74) is 0. The molecule has 1 heteroatoms. The van der Waals surface area contributed by atoms with Crippen molar-refractivity contribution in [2.75, 3.05) is 0 Å². The van der Waals surface area contributed by atoms with Crippen LogP contribution in [0.25, 0.3) is 0 Å². The van der Waals surface area contributed by atoms with Crippen molar-refractivity contribution in [2.24, 2.45) is 0 Å². The van der Waals surface area contributed by atoms with E-state index in [9.17, 15) is 0 Å². The molecule has 0 saturated carbocycles. The summed E-state index contributed by atoms with van der Waals surface area (Å²) >= 11 is 0. The zero-order valence-electron chi connectivity index (χ0n) is 10.6.